The average molecular weight is 280 g/mol. The standard InChI is InChI=1S/C14H20N2O2S/c1-5-9-16(4)19(17,18)14-8-6-7-13(10-14)11-15-12(2)3/h1,6-8,10,12,15H,9,11H2,2-4H3. The molecule has 4 nitrogen and oxygen atoms in total. The van der Waals surface area contributed by atoms with Crippen molar-refractivity contribution in [2.24, 2.45) is 0 Å². The molecule has 0 aliphatic carbocycles. The van der Waals surface area contributed by atoms with E-state index in [-0.39, 0.29) is 11.4 Å². The summed E-state index contributed by atoms with van der Waals surface area (Å²) in [5.41, 5.74) is 0.934. The van der Waals surface area contributed by atoms with Crippen LogP contribution in [0.3, 0.4) is 0 Å². The summed E-state index contributed by atoms with van der Waals surface area (Å²) in [7, 11) is -2.02. The van der Waals surface area contributed by atoms with Crippen molar-refractivity contribution in [2.45, 2.75) is 31.3 Å². The Morgan fingerprint density at radius 3 is 2.68 bits per heavy atom. The number of benzene rings is 1. The predicted molar refractivity (Wildman–Crippen MR) is 77.1 cm³/mol. The highest BCUT2D eigenvalue weighted by Gasteiger charge is 2.19. The van der Waals surface area contributed by atoms with E-state index in [2.05, 4.69) is 11.2 Å². The zero-order valence-corrected chi connectivity index (χ0v) is 12.4. The van der Waals surface area contributed by atoms with Crippen molar-refractivity contribution in [3.63, 3.8) is 0 Å². The molecule has 1 aromatic rings. The molecule has 0 atom stereocenters. The monoisotopic (exact) mass is 280 g/mol. The normalized spacial score (nSPS) is 11.8. The summed E-state index contributed by atoms with van der Waals surface area (Å²) < 4.78 is 25.6. The molecule has 0 aliphatic heterocycles. The van der Waals surface area contributed by atoms with Crippen molar-refractivity contribution in [1.82, 2.24) is 9.62 Å². The van der Waals surface area contributed by atoms with Gasteiger partial charge in [-0.3, -0.25) is 0 Å². The Bertz CT molecular complexity index is 559. The molecule has 0 amide bonds. The van der Waals surface area contributed by atoms with Gasteiger partial charge < -0.3 is 5.32 Å². The zero-order valence-electron chi connectivity index (χ0n) is 11.6. The Morgan fingerprint density at radius 2 is 2.11 bits per heavy atom. The van der Waals surface area contributed by atoms with Gasteiger partial charge >= 0.3 is 0 Å². The lowest BCUT2D eigenvalue weighted by atomic mass is 10.2. The topological polar surface area (TPSA) is 49.4 Å². The van der Waals surface area contributed by atoms with Crippen LogP contribution in [-0.4, -0.2) is 32.4 Å². The maximum Gasteiger partial charge on any atom is 0.243 e. The van der Waals surface area contributed by atoms with E-state index in [0.717, 1.165) is 5.56 Å². The van der Waals surface area contributed by atoms with Crippen LogP contribution in [0.5, 0.6) is 0 Å². The number of terminal acetylenes is 1. The Kier molecular flexibility index (Phi) is 5.55. The molecule has 0 saturated carbocycles. The fraction of sp³-hybridized carbons (Fsp3) is 0.429. The minimum atomic E-state index is -3.50. The SMILES string of the molecule is C#CCN(C)S(=O)(=O)c1cccc(CNC(C)C)c1. The molecule has 0 spiro atoms. The summed E-state index contributed by atoms with van der Waals surface area (Å²) in [5.74, 6) is 2.33. The number of hydrogen-bond acceptors (Lipinski definition) is 3. The molecule has 5 heteroatoms. The minimum absolute atomic E-state index is 0.0663. The molecular formula is C14H20N2O2S. The first-order valence-electron chi connectivity index (χ1n) is 6.10. The highest BCUT2D eigenvalue weighted by molar-refractivity contribution is 7.89. The van der Waals surface area contributed by atoms with Gasteiger partial charge in [0.1, 0.15) is 0 Å². The van der Waals surface area contributed by atoms with Gasteiger partial charge in [0, 0.05) is 19.6 Å². The molecule has 1 N–H and O–H groups in total. The Balaban J connectivity index is 2.96. The van der Waals surface area contributed by atoms with Gasteiger partial charge in [-0.15, -0.1) is 6.42 Å². The molecule has 0 bridgehead atoms. The first-order chi connectivity index (χ1) is 8.87. The van der Waals surface area contributed by atoms with E-state index in [1.54, 1.807) is 18.2 Å². The Labute approximate surface area is 115 Å². The van der Waals surface area contributed by atoms with Crippen LogP contribution >= 0.6 is 0 Å². The van der Waals surface area contributed by atoms with Gasteiger partial charge in [0.05, 0.1) is 11.4 Å². The molecule has 0 radical (unpaired) electrons. The van der Waals surface area contributed by atoms with Crippen LogP contribution in [0.25, 0.3) is 0 Å². The van der Waals surface area contributed by atoms with E-state index in [4.69, 9.17) is 6.42 Å². The second-order valence-corrected chi connectivity index (χ2v) is 6.69. The van der Waals surface area contributed by atoms with E-state index < -0.39 is 10.0 Å². The lowest BCUT2D eigenvalue weighted by Gasteiger charge is -2.15. The average Bonchev–Trinajstić information content (AvgIpc) is 2.37. The van der Waals surface area contributed by atoms with Gasteiger partial charge in [-0.1, -0.05) is 31.9 Å². The van der Waals surface area contributed by atoms with Crippen LogP contribution in [-0.2, 0) is 16.6 Å². The van der Waals surface area contributed by atoms with Crippen molar-refractivity contribution < 1.29 is 8.42 Å². The molecule has 104 valence electrons. The maximum atomic E-state index is 12.2. The molecule has 1 rings (SSSR count). The molecule has 0 saturated heterocycles. The van der Waals surface area contributed by atoms with Gasteiger partial charge in [-0.05, 0) is 17.7 Å². The lowest BCUT2D eigenvalue weighted by Crippen LogP contribution is -2.27. The number of sulfonamides is 1. The quantitative estimate of drug-likeness (QED) is 0.802. The summed E-state index contributed by atoms with van der Waals surface area (Å²) >= 11 is 0. The summed E-state index contributed by atoms with van der Waals surface area (Å²) in [4.78, 5) is 0.272. The van der Waals surface area contributed by atoms with Crippen LogP contribution in [0.15, 0.2) is 29.2 Å². The summed E-state index contributed by atoms with van der Waals surface area (Å²) in [5, 5.41) is 3.25. The largest absolute Gasteiger partial charge is 0.310 e. The fourth-order valence-electron chi connectivity index (χ4n) is 1.53. The van der Waals surface area contributed by atoms with Gasteiger partial charge in [-0.25, -0.2) is 8.42 Å². The molecule has 1 aromatic carbocycles. The Morgan fingerprint density at radius 1 is 1.42 bits per heavy atom. The molecule has 19 heavy (non-hydrogen) atoms. The van der Waals surface area contributed by atoms with Crippen molar-refractivity contribution in [3.05, 3.63) is 29.8 Å². The molecule has 0 unspecified atom stereocenters. The lowest BCUT2D eigenvalue weighted by molar-refractivity contribution is 0.502. The van der Waals surface area contributed by atoms with E-state index in [1.165, 1.54) is 11.4 Å². The summed E-state index contributed by atoms with van der Waals surface area (Å²) in [6.07, 6.45) is 5.15. The van der Waals surface area contributed by atoms with Crippen molar-refractivity contribution in [1.29, 1.82) is 0 Å². The zero-order chi connectivity index (χ0) is 14.5. The summed E-state index contributed by atoms with van der Waals surface area (Å²) in [6, 6.07) is 7.26. The van der Waals surface area contributed by atoms with Crippen LogP contribution in [0.1, 0.15) is 19.4 Å². The molecule has 0 aromatic heterocycles. The van der Waals surface area contributed by atoms with Crippen molar-refractivity contribution in [3.8, 4) is 12.3 Å². The molecular weight excluding hydrogens is 260 g/mol. The van der Waals surface area contributed by atoms with Gasteiger partial charge in [0.2, 0.25) is 10.0 Å². The fourth-order valence-corrected chi connectivity index (χ4v) is 2.69. The van der Waals surface area contributed by atoms with Gasteiger partial charge in [0.25, 0.3) is 0 Å². The van der Waals surface area contributed by atoms with Crippen molar-refractivity contribution in [2.75, 3.05) is 13.6 Å². The molecule has 0 fully saturated rings. The van der Waals surface area contributed by atoms with Crippen LogP contribution < -0.4 is 5.32 Å². The van der Waals surface area contributed by atoms with Crippen LogP contribution in [0, 0.1) is 12.3 Å². The smallest absolute Gasteiger partial charge is 0.243 e. The molecule has 0 aliphatic rings. The highest BCUT2D eigenvalue weighted by atomic mass is 32.2. The van der Waals surface area contributed by atoms with Gasteiger partial charge in [-0.2, -0.15) is 4.31 Å². The second-order valence-electron chi connectivity index (χ2n) is 4.65. The maximum absolute atomic E-state index is 12.2. The van der Waals surface area contributed by atoms with E-state index >= 15 is 0 Å². The number of rotatable bonds is 6. The van der Waals surface area contributed by atoms with E-state index in [1.807, 2.05) is 19.9 Å². The third-order valence-corrected chi connectivity index (χ3v) is 4.43. The first-order valence-corrected chi connectivity index (χ1v) is 7.54. The predicted octanol–water partition coefficient (Wildman–Crippen LogP) is 1.44. The number of nitrogens with zero attached hydrogens (tertiary/aromatic N) is 1. The van der Waals surface area contributed by atoms with Crippen LogP contribution in [0.2, 0.25) is 0 Å². The van der Waals surface area contributed by atoms with E-state index in [9.17, 15) is 8.42 Å². The summed E-state index contributed by atoms with van der Waals surface area (Å²) in [6.45, 7) is 4.79. The minimum Gasteiger partial charge on any atom is -0.310 e. The third-order valence-electron chi connectivity index (χ3n) is 2.64. The van der Waals surface area contributed by atoms with Crippen molar-refractivity contribution >= 4 is 10.0 Å². The second kappa shape index (κ2) is 6.71. The van der Waals surface area contributed by atoms with E-state index in [0.29, 0.717) is 12.6 Å². The number of hydrogen-bond donors (Lipinski definition) is 1. The van der Waals surface area contributed by atoms with Crippen LogP contribution in [0.4, 0.5) is 0 Å². The highest BCUT2D eigenvalue weighted by Crippen LogP contribution is 2.15. The van der Waals surface area contributed by atoms with Gasteiger partial charge in [0.15, 0.2) is 0 Å². The first kappa shape index (κ1) is 15.7. The Hall–Kier alpha value is -1.35. The number of nitrogens with one attached hydrogen (secondary N) is 1. The third kappa shape index (κ3) is 4.35. The molecule has 0 heterocycles.